The van der Waals surface area contributed by atoms with E-state index in [1.807, 2.05) is 0 Å². The van der Waals surface area contributed by atoms with E-state index in [1.165, 1.54) is 16.6 Å². The highest BCUT2D eigenvalue weighted by molar-refractivity contribution is 6.04. The zero-order chi connectivity index (χ0) is 16.4. The molecule has 25 heavy (non-hydrogen) atoms. The third-order valence-corrected chi connectivity index (χ3v) is 5.09. The van der Waals surface area contributed by atoms with E-state index in [0.717, 1.165) is 34.7 Å². The Morgan fingerprint density at radius 3 is 2.48 bits per heavy atom. The van der Waals surface area contributed by atoms with Gasteiger partial charge in [-0.1, -0.05) is 48.5 Å². The molecule has 3 heterocycles. The van der Waals surface area contributed by atoms with Crippen molar-refractivity contribution in [1.82, 2.24) is 4.57 Å². The van der Waals surface area contributed by atoms with Gasteiger partial charge in [-0.3, -0.25) is 0 Å². The van der Waals surface area contributed by atoms with Crippen LogP contribution >= 0.6 is 0 Å². The van der Waals surface area contributed by atoms with E-state index in [-0.39, 0.29) is 0 Å². The third-order valence-electron chi connectivity index (χ3n) is 5.09. The summed E-state index contributed by atoms with van der Waals surface area (Å²) in [6.07, 6.45) is 0. The number of hydrogen-bond acceptors (Lipinski definition) is 1. The molecule has 2 aromatic heterocycles. The number of benzene rings is 3. The quantitative estimate of drug-likeness (QED) is 0.402. The first-order valence-corrected chi connectivity index (χ1v) is 8.51. The second kappa shape index (κ2) is 4.61. The summed E-state index contributed by atoms with van der Waals surface area (Å²) in [6.45, 7) is 0.849. The van der Waals surface area contributed by atoms with Crippen LogP contribution in [0.15, 0.2) is 83.3 Å². The molecule has 0 fully saturated rings. The Kier molecular flexibility index (Phi) is 2.40. The Labute approximate surface area is 144 Å². The predicted molar refractivity (Wildman–Crippen MR) is 97.8 cm³/mol. The maximum atomic E-state index is 6.39. The molecule has 5 aromatic rings. The van der Waals surface area contributed by atoms with Crippen LogP contribution in [-0.4, -0.2) is 4.57 Å². The van der Waals surface area contributed by atoms with E-state index < -0.39 is 0 Å². The molecule has 6 rings (SSSR count). The normalized spacial score (nSPS) is 12.6. The molecule has 3 nitrogen and oxygen atoms in total. The monoisotopic (exact) mass is 323 g/mol. The van der Waals surface area contributed by atoms with Gasteiger partial charge in [-0.05, 0) is 30.3 Å². The van der Waals surface area contributed by atoms with Crippen molar-refractivity contribution in [3.8, 4) is 17.1 Å². The van der Waals surface area contributed by atoms with Crippen LogP contribution in [0, 0.1) is 0 Å². The third kappa shape index (κ3) is 1.62. The summed E-state index contributed by atoms with van der Waals surface area (Å²) < 4.78 is 11.0. The van der Waals surface area contributed by atoms with Crippen LogP contribution in [0.3, 0.4) is 0 Å². The summed E-state index contributed by atoms with van der Waals surface area (Å²) >= 11 is 0. The minimum absolute atomic E-state index is 0.849. The number of oxazole rings is 1. The fourth-order valence-electron chi connectivity index (χ4n) is 4.01. The first kappa shape index (κ1) is 13.0. The smallest absolute Gasteiger partial charge is 0.334 e. The van der Waals surface area contributed by atoms with Crippen LogP contribution in [0.2, 0.25) is 0 Å². The molecular formula is C22H15N2O+. The molecule has 0 atom stereocenters. The van der Waals surface area contributed by atoms with Gasteiger partial charge < -0.3 is 4.42 Å². The van der Waals surface area contributed by atoms with Crippen molar-refractivity contribution in [1.29, 1.82) is 0 Å². The van der Waals surface area contributed by atoms with Gasteiger partial charge in [-0.25, -0.2) is 0 Å². The van der Waals surface area contributed by atoms with E-state index in [0.29, 0.717) is 0 Å². The second-order valence-electron chi connectivity index (χ2n) is 6.49. The van der Waals surface area contributed by atoms with E-state index in [2.05, 4.69) is 88.0 Å². The van der Waals surface area contributed by atoms with Crippen molar-refractivity contribution in [3.05, 3.63) is 84.4 Å². The first-order chi connectivity index (χ1) is 12.4. The molecule has 1 aliphatic heterocycles. The van der Waals surface area contributed by atoms with Crippen molar-refractivity contribution in [2.24, 2.45) is 0 Å². The summed E-state index contributed by atoms with van der Waals surface area (Å²) in [5.74, 6) is 0.955. The SMILES string of the molecule is c1ccc(-n2c3ccccc3c3oc4[n+](c32)Cc2ccccc2-4)cc1. The Hall–Kier alpha value is -3.33. The second-order valence-corrected chi connectivity index (χ2v) is 6.49. The summed E-state index contributed by atoms with van der Waals surface area (Å²) in [6, 6.07) is 27.5. The van der Waals surface area contributed by atoms with E-state index in [9.17, 15) is 0 Å². The minimum Gasteiger partial charge on any atom is -0.413 e. The van der Waals surface area contributed by atoms with Crippen LogP contribution in [0.1, 0.15) is 5.56 Å². The maximum Gasteiger partial charge on any atom is 0.334 e. The lowest BCUT2D eigenvalue weighted by atomic mass is 10.1. The molecule has 0 amide bonds. The van der Waals surface area contributed by atoms with Gasteiger partial charge in [0.25, 0.3) is 5.89 Å². The number of fused-ring (bicyclic) bond motifs is 7. The topological polar surface area (TPSA) is 21.9 Å². The molecule has 0 bridgehead atoms. The van der Waals surface area contributed by atoms with Gasteiger partial charge in [0.05, 0.1) is 10.9 Å². The molecule has 0 aliphatic carbocycles. The number of hydrogen-bond donors (Lipinski definition) is 0. The lowest BCUT2D eigenvalue weighted by Gasteiger charge is -2.00. The fraction of sp³-hybridized carbons (Fsp3) is 0.0455. The molecule has 0 N–H and O–H groups in total. The highest BCUT2D eigenvalue weighted by Crippen LogP contribution is 2.37. The van der Waals surface area contributed by atoms with E-state index in [4.69, 9.17) is 4.42 Å². The number of rotatable bonds is 1. The van der Waals surface area contributed by atoms with Crippen LogP contribution < -0.4 is 4.57 Å². The van der Waals surface area contributed by atoms with Gasteiger partial charge >= 0.3 is 5.65 Å². The number of aromatic nitrogens is 2. The molecular weight excluding hydrogens is 308 g/mol. The first-order valence-electron chi connectivity index (χ1n) is 8.51. The molecule has 0 spiro atoms. The molecule has 0 radical (unpaired) electrons. The van der Waals surface area contributed by atoms with E-state index >= 15 is 0 Å². The summed E-state index contributed by atoms with van der Waals surface area (Å²) in [5.41, 5.74) is 6.92. The van der Waals surface area contributed by atoms with Crippen LogP contribution in [0.25, 0.3) is 39.3 Å². The van der Waals surface area contributed by atoms with E-state index in [1.54, 1.807) is 0 Å². The van der Waals surface area contributed by atoms with Gasteiger partial charge in [-0.2, -0.15) is 9.13 Å². The van der Waals surface area contributed by atoms with Crippen molar-refractivity contribution < 1.29 is 8.98 Å². The average Bonchev–Trinajstić information content (AvgIpc) is 3.30. The summed E-state index contributed by atoms with van der Waals surface area (Å²) in [4.78, 5) is 0. The fourth-order valence-corrected chi connectivity index (χ4v) is 4.01. The van der Waals surface area contributed by atoms with Gasteiger partial charge in [0, 0.05) is 5.56 Å². The molecule has 3 aromatic carbocycles. The van der Waals surface area contributed by atoms with Gasteiger partial charge in [0.1, 0.15) is 17.7 Å². The van der Waals surface area contributed by atoms with Crippen LogP contribution in [0.4, 0.5) is 0 Å². The Balaban J connectivity index is 1.79. The van der Waals surface area contributed by atoms with Crippen LogP contribution in [0.5, 0.6) is 0 Å². The Morgan fingerprint density at radius 1 is 0.800 bits per heavy atom. The largest absolute Gasteiger partial charge is 0.413 e. The molecule has 1 aliphatic rings. The molecule has 0 saturated heterocycles. The molecule has 0 unspecified atom stereocenters. The van der Waals surface area contributed by atoms with Gasteiger partial charge in [-0.15, -0.1) is 0 Å². The van der Waals surface area contributed by atoms with Gasteiger partial charge in [0.2, 0.25) is 5.58 Å². The average molecular weight is 323 g/mol. The Bertz CT molecular complexity index is 1260. The van der Waals surface area contributed by atoms with Crippen molar-refractivity contribution in [2.75, 3.05) is 0 Å². The van der Waals surface area contributed by atoms with Crippen molar-refractivity contribution in [3.63, 3.8) is 0 Å². The van der Waals surface area contributed by atoms with Crippen molar-refractivity contribution in [2.45, 2.75) is 6.54 Å². The maximum absolute atomic E-state index is 6.39. The molecule has 0 saturated carbocycles. The lowest BCUT2D eigenvalue weighted by molar-refractivity contribution is -0.651. The Morgan fingerprint density at radius 2 is 1.56 bits per heavy atom. The zero-order valence-corrected chi connectivity index (χ0v) is 13.5. The van der Waals surface area contributed by atoms with Crippen molar-refractivity contribution >= 4 is 22.1 Å². The molecule has 118 valence electrons. The standard InChI is InChI=1S/C22H15N2O/c1-2-9-16(10-3-1)24-19-13-7-6-12-18(19)20-21(24)23-14-15-8-4-5-11-17(15)22(23)25-20/h1-13H,14H2/q+1. The highest BCUT2D eigenvalue weighted by atomic mass is 16.4. The summed E-state index contributed by atoms with van der Waals surface area (Å²) in [7, 11) is 0. The molecule has 3 heteroatoms. The van der Waals surface area contributed by atoms with Crippen LogP contribution in [-0.2, 0) is 6.54 Å². The highest BCUT2D eigenvalue weighted by Gasteiger charge is 2.35. The predicted octanol–water partition coefficient (Wildman–Crippen LogP) is 4.69. The number of para-hydroxylation sites is 2. The zero-order valence-electron chi connectivity index (χ0n) is 13.5. The van der Waals surface area contributed by atoms with Gasteiger partial charge in [0.15, 0.2) is 0 Å². The lowest BCUT2D eigenvalue weighted by Crippen LogP contribution is -2.32. The number of nitrogens with zero attached hydrogens (tertiary/aromatic N) is 2. The summed E-state index contributed by atoms with van der Waals surface area (Å²) in [5, 5.41) is 1.15. The minimum atomic E-state index is 0.849.